The topological polar surface area (TPSA) is 125 Å². The third kappa shape index (κ3) is 4.19. The lowest BCUT2D eigenvalue weighted by Crippen LogP contribution is -2.28. The van der Waals surface area contributed by atoms with Crippen LogP contribution in [0.3, 0.4) is 0 Å². The van der Waals surface area contributed by atoms with Gasteiger partial charge in [0.15, 0.2) is 17.1 Å². The van der Waals surface area contributed by atoms with Crippen LogP contribution in [0.5, 0.6) is 0 Å². The molecule has 7 rings (SSSR count). The summed E-state index contributed by atoms with van der Waals surface area (Å²) in [6, 6.07) is 10.6. The van der Waals surface area contributed by atoms with E-state index in [0.717, 1.165) is 52.5 Å². The molecule has 1 fully saturated rings. The average molecular weight is 519 g/mol. The SMILES string of the molecule is Cc1cc(F)cc(-c2ccnc3nc(-c4[nH]nc5ncc(-c6cncc(NC(=O)C7CCC7)c6)cc45)[nH]c23)c1. The number of H-pyrrole nitrogens is 2. The summed E-state index contributed by atoms with van der Waals surface area (Å²) in [5.74, 6) is 0.370. The number of pyridine rings is 3. The number of hydrogen-bond donors (Lipinski definition) is 3. The highest BCUT2D eigenvalue weighted by molar-refractivity contribution is 5.97. The predicted molar refractivity (Wildman–Crippen MR) is 146 cm³/mol. The highest BCUT2D eigenvalue weighted by atomic mass is 19.1. The number of nitrogens with zero attached hydrogens (tertiary/aromatic N) is 5. The van der Waals surface area contributed by atoms with Crippen molar-refractivity contribution in [2.45, 2.75) is 26.2 Å². The van der Waals surface area contributed by atoms with Crippen LogP contribution in [0.2, 0.25) is 0 Å². The Morgan fingerprint density at radius 1 is 1.00 bits per heavy atom. The van der Waals surface area contributed by atoms with Crippen molar-refractivity contribution in [2.24, 2.45) is 5.92 Å². The van der Waals surface area contributed by atoms with Gasteiger partial charge in [-0.25, -0.2) is 19.3 Å². The molecule has 0 aliphatic heterocycles. The van der Waals surface area contributed by atoms with Crippen molar-refractivity contribution in [1.29, 1.82) is 0 Å². The number of hydrogen-bond acceptors (Lipinski definition) is 6. The summed E-state index contributed by atoms with van der Waals surface area (Å²) in [6.45, 7) is 1.86. The van der Waals surface area contributed by atoms with E-state index < -0.39 is 0 Å². The third-order valence-electron chi connectivity index (χ3n) is 7.21. The first-order chi connectivity index (χ1) is 19.0. The number of imidazole rings is 1. The molecule has 6 aromatic rings. The average Bonchev–Trinajstić information content (AvgIpc) is 3.50. The van der Waals surface area contributed by atoms with Crippen LogP contribution in [-0.2, 0) is 4.79 Å². The van der Waals surface area contributed by atoms with E-state index in [1.54, 1.807) is 24.8 Å². The molecule has 0 spiro atoms. The van der Waals surface area contributed by atoms with Crippen LogP contribution >= 0.6 is 0 Å². The van der Waals surface area contributed by atoms with Gasteiger partial charge in [-0.05, 0) is 61.2 Å². The van der Waals surface area contributed by atoms with Crippen molar-refractivity contribution in [1.82, 2.24) is 35.1 Å². The molecule has 0 bridgehead atoms. The summed E-state index contributed by atoms with van der Waals surface area (Å²) >= 11 is 0. The van der Waals surface area contributed by atoms with E-state index in [0.29, 0.717) is 34.0 Å². The lowest BCUT2D eigenvalue weighted by Gasteiger charge is -2.24. The fraction of sp³-hybridized carbons (Fsp3) is 0.172. The Balaban J connectivity index is 1.27. The summed E-state index contributed by atoms with van der Waals surface area (Å²) in [5.41, 5.74) is 7.06. The zero-order valence-corrected chi connectivity index (χ0v) is 21.0. The van der Waals surface area contributed by atoms with Gasteiger partial charge in [0.1, 0.15) is 11.5 Å². The fourth-order valence-electron chi connectivity index (χ4n) is 4.98. The zero-order chi connectivity index (χ0) is 26.5. The van der Waals surface area contributed by atoms with Gasteiger partial charge in [0.05, 0.1) is 22.8 Å². The van der Waals surface area contributed by atoms with Gasteiger partial charge in [0.25, 0.3) is 0 Å². The van der Waals surface area contributed by atoms with Crippen molar-refractivity contribution < 1.29 is 9.18 Å². The normalized spacial score (nSPS) is 13.6. The zero-order valence-electron chi connectivity index (χ0n) is 21.0. The lowest BCUT2D eigenvalue weighted by molar-refractivity contribution is -0.122. The number of aryl methyl sites for hydroxylation is 1. The standard InChI is InChI=1S/C29H23FN8O/c1-15-7-17(9-20(30)8-15)22-5-6-32-27-24(22)35-28(36-27)25-23-11-19(13-33-26(23)38-37-25)18-10-21(14-31-12-18)34-29(39)16-3-2-4-16/h5-14,16H,2-4H2,1H3,(H,34,39)(H,32,35,36)(H,33,37,38). The van der Waals surface area contributed by atoms with Gasteiger partial charge in [-0.1, -0.05) is 12.5 Å². The Morgan fingerprint density at radius 2 is 1.87 bits per heavy atom. The smallest absolute Gasteiger partial charge is 0.227 e. The van der Waals surface area contributed by atoms with E-state index in [-0.39, 0.29) is 17.6 Å². The van der Waals surface area contributed by atoms with Crippen LogP contribution in [0.4, 0.5) is 10.1 Å². The maximum absolute atomic E-state index is 14.1. The van der Waals surface area contributed by atoms with E-state index in [9.17, 15) is 9.18 Å². The largest absolute Gasteiger partial charge is 0.335 e. The molecule has 39 heavy (non-hydrogen) atoms. The van der Waals surface area contributed by atoms with Gasteiger partial charge < -0.3 is 10.3 Å². The molecular weight excluding hydrogens is 495 g/mol. The molecule has 9 nitrogen and oxygen atoms in total. The first-order valence-electron chi connectivity index (χ1n) is 12.7. The van der Waals surface area contributed by atoms with Gasteiger partial charge in [0.2, 0.25) is 5.91 Å². The van der Waals surface area contributed by atoms with Crippen molar-refractivity contribution in [3.8, 4) is 33.8 Å². The first-order valence-corrected chi connectivity index (χ1v) is 12.7. The Hall–Kier alpha value is -4.99. The quantitative estimate of drug-likeness (QED) is 0.264. The molecule has 1 aromatic carbocycles. The van der Waals surface area contributed by atoms with Crippen molar-refractivity contribution in [3.05, 3.63) is 72.6 Å². The Kier molecular flexibility index (Phi) is 5.39. The molecule has 1 aliphatic rings. The van der Waals surface area contributed by atoms with E-state index in [1.807, 2.05) is 31.2 Å². The van der Waals surface area contributed by atoms with Gasteiger partial charge in [-0.2, -0.15) is 5.10 Å². The molecular formula is C29H23FN8O. The van der Waals surface area contributed by atoms with Crippen LogP contribution in [0.1, 0.15) is 24.8 Å². The van der Waals surface area contributed by atoms with E-state index in [1.165, 1.54) is 12.1 Å². The molecule has 0 atom stereocenters. The molecule has 10 heteroatoms. The second kappa shape index (κ2) is 9.09. The Bertz CT molecular complexity index is 1870. The predicted octanol–water partition coefficient (Wildman–Crippen LogP) is 5.81. The van der Waals surface area contributed by atoms with Crippen LogP contribution in [-0.4, -0.2) is 41.0 Å². The highest BCUT2D eigenvalue weighted by Gasteiger charge is 2.25. The van der Waals surface area contributed by atoms with Crippen molar-refractivity contribution >= 4 is 33.8 Å². The number of carbonyl (C=O) groups excluding carboxylic acids is 1. The van der Waals surface area contributed by atoms with Gasteiger partial charge in [0, 0.05) is 41.2 Å². The molecule has 192 valence electrons. The van der Waals surface area contributed by atoms with E-state index in [4.69, 9.17) is 4.98 Å². The summed E-state index contributed by atoms with van der Waals surface area (Å²) < 4.78 is 14.1. The second-order valence-corrected chi connectivity index (χ2v) is 9.93. The fourth-order valence-corrected chi connectivity index (χ4v) is 4.98. The molecule has 1 amide bonds. The van der Waals surface area contributed by atoms with Gasteiger partial charge >= 0.3 is 0 Å². The maximum atomic E-state index is 14.1. The molecule has 5 aromatic heterocycles. The molecule has 1 aliphatic carbocycles. The molecule has 5 heterocycles. The molecule has 1 saturated carbocycles. The number of anilines is 1. The number of benzene rings is 1. The van der Waals surface area contributed by atoms with Crippen LogP contribution in [0.15, 0.2) is 61.2 Å². The van der Waals surface area contributed by atoms with Crippen molar-refractivity contribution in [3.63, 3.8) is 0 Å². The number of halogens is 1. The minimum absolute atomic E-state index is 0.0390. The van der Waals surface area contributed by atoms with Gasteiger partial charge in [-0.3, -0.25) is 14.9 Å². The number of aromatic amines is 2. The number of aromatic nitrogens is 7. The number of rotatable bonds is 5. The first kappa shape index (κ1) is 23.2. The minimum atomic E-state index is -0.297. The summed E-state index contributed by atoms with van der Waals surface area (Å²) in [7, 11) is 0. The second-order valence-electron chi connectivity index (χ2n) is 9.93. The van der Waals surface area contributed by atoms with Crippen LogP contribution < -0.4 is 5.32 Å². The molecule has 0 radical (unpaired) electrons. The Labute approximate surface area is 222 Å². The Morgan fingerprint density at radius 3 is 2.69 bits per heavy atom. The number of nitrogens with one attached hydrogen (secondary N) is 3. The monoisotopic (exact) mass is 518 g/mol. The summed E-state index contributed by atoms with van der Waals surface area (Å²) in [6.07, 6.45) is 9.74. The number of fused-ring (bicyclic) bond motifs is 2. The molecule has 0 unspecified atom stereocenters. The van der Waals surface area contributed by atoms with E-state index in [2.05, 4.69) is 35.5 Å². The maximum Gasteiger partial charge on any atom is 0.227 e. The van der Waals surface area contributed by atoms with Gasteiger partial charge in [-0.15, -0.1) is 0 Å². The van der Waals surface area contributed by atoms with Crippen LogP contribution in [0.25, 0.3) is 56.0 Å². The third-order valence-corrected chi connectivity index (χ3v) is 7.21. The minimum Gasteiger partial charge on any atom is -0.335 e. The molecule has 0 saturated heterocycles. The number of carbonyl (C=O) groups is 1. The summed E-state index contributed by atoms with van der Waals surface area (Å²) in [4.78, 5) is 33.7. The number of amides is 1. The molecule has 3 N–H and O–H groups in total. The lowest BCUT2D eigenvalue weighted by atomic mass is 9.85. The van der Waals surface area contributed by atoms with Crippen LogP contribution in [0, 0.1) is 18.7 Å². The van der Waals surface area contributed by atoms with E-state index >= 15 is 0 Å². The summed E-state index contributed by atoms with van der Waals surface area (Å²) in [5, 5.41) is 11.1. The van der Waals surface area contributed by atoms with Crippen molar-refractivity contribution in [2.75, 3.05) is 5.32 Å². The highest BCUT2D eigenvalue weighted by Crippen LogP contribution is 2.33.